The molecule has 0 saturated heterocycles. The first-order valence-electron chi connectivity index (χ1n) is 5.08. The third-order valence-electron chi connectivity index (χ3n) is 1.32. The van der Waals surface area contributed by atoms with Crippen molar-refractivity contribution in [1.29, 1.82) is 0 Å². The number of hydrogen-bond donors (Lipinski definition) is 1. The van der Waals surface area contributed by atoms with Crippen molar-refractivity contribution < 1.29 is 0 Å². The summed E-state index contributed by atoms with van der Waals surface area (Å²) in [6, 6.07) is 8.23. The topological polar surface area (TPSA) is 26.0 Å². The van der Waals surface area contributed by atoms with E-state index < -0.39 is 0 Å². The first-order chi connectivity index (χ1) is 6.33. The van der Waals surface area contributed by atoms with Crippen LogP contribution in [0.25, 0.3) is 0 Å². The molecule has 0 radical (unpaired) electrons. The van der Waals surface area contributed by atoms with Crippen molar-refractivity contribution in [3.63, 3.8) is 0 Å². The third kappa shape index (κ3) is 7.54. The second-order valence-electron chi connectivity index (χ2n) is 2.19. The lowest BCUT2D eigenvalue weighted by Gasteiger charge is -1.95. The standard InChI is InChI=1S/C8H11N.2C2H6/c1-7-3-2-4-8(5-7)6-9;2*1-2/h2-5H,6,9H2,1H3;2*1-2H3. The number of rotatable bonds is 1. The molecule has 0 aliphatic heterocycles. The van der Waals surface area contributed by atoms with Crippen LogP contribution < -0.4 is 5.73 Å². The molecule has 0 heterocycles. The molecular formula is C12H23N. The summed E-state index contributed by atoms with van der Waals surface area (Å²) in [5.74, 6) is 0. The Kier molecular flexibility index (Phi) is 12.6. The zero-order chi connectivity index (χ0) is 10.7. The maximum atomic E-state index is 5.42. The molecule has 1 aromatic carbocycles. The lowest BCUT2D eigenvalue weighted by molar-refractivity contribution is 1.07. The summed E-state index contributed by atoms with van der Waals surface area (Å²) in [4.78, 5) is 0. The highest BCUT2D eigenvalue weighted by Crippen LogP contribution is 2.01. The molecule has 1 rings (SSSR count). The number of hydrogen-bond acceptors (Lipinski definition) is 1. The van der Waals surface area contributed by atoms with Gasteiger partial charge in [0.15, 0.2) is 0 Å². The van der Waals surface area contributed by atoms with Gasteiger partial charge in [0.25, 0.3) is 0 Å². The maximum absolute atomic E-state index is 5.42. The zero-order valence-corrected chi connectivity index (χ0v) is 9.59. The number of nitrogens with two attached hydrogens (primary N) is 1. The van der Waals surface area contributed by atoms with Gasteiger partial charge in [-0.3, -0.25) is 0 Å². The Balaban J connectivity index is 0. The molecule has 0 fully saturated rings. The van der Waals surface area contributed by atoms with Crippen molar-refractivity contribution in [1.82, 2.24) is 0 Å². The normalized spacial score (nSPS) is 7.54. The van der Waals surface area contributed by atoms with E-state index in [-0.39, 0.29) is 0 Å². The molecule has 0 atom stereocenters. The summed E-state index contributed by atoms with van der Waals surface area (Å²) in [6.07, 6.45) is 0. The minimum atomic E-state index is 0.641. The molecule has 1 aromatic rings. The van der Waals surface area contributed by atoms with E-state index in [1.54, 1.807) is 0 Å². The molecule has 0 amide bonds. The lowest BCUT2D eigenvalue weighted by Crippen LogP contribution is -1.95. The molecular weight excluding hydrogens is 158 g/mol. The van der Waals surface area contributed by atoms with Gasteiger partial charge < -0.3 is 5.73 Å². The van der Waals surface area contributed by atoms with Gasteiger partial charge in [0, 0.05) is 6.54 Å². The Morgan fingerprint density at radius 1 is 1.08 bits per heavy atom. The van der Waals surface area contributed by atoms with Crippen LogP contribution in [-0.2, 0) is 6.54 Å². The van der Waals surface area contributed by atoms with Crippen LogP contribution in [0.2, 0.25) is 0 Å². The quantitative estimate of drug-likeness (QED) is 0.705. The molecule has 1 heteroatoms. The van der Waals surface area contributed by atoms with E-state index in [1.165, 1.54) is 11.1 Å². The van der Waals surface area contributed by atoms with Crippen LogP contribution in [0.3, 0.4) is 0 Å². The Labute approximate surface area is 83.0 Å². The Morgan fingerprint density at radius 2 is 1.62 bits per heavy atom. The largest absolute Gasteiger partial charge is 0.326 e. The highest BCUT2D eigenvalue weighted by molar-refractivity contribution is 5.21. The summed E-state index contributed by atoms with van der Waals surface area (Å²) >= 11 is 0. The molecule has 0 saturated carbocycles. The van der Waals surface area contributed by atoms with Crippen LogP contribution in [0.15, 0.2) is 24.3 Å². The fourth-order valence-electron chi connectivity index (χ4n) is 0.839. The van der Waals surface area contributed by atoms with Crippen molar-refractivity contribution in [2.24, 2.45) is 5.73 Å². The van der Waals surface area contributed by atoms with E-state index >= 15 is 0 Å². The molecule has 13 heavy (non-hydrogen) atoms. The van der Waals surface area contributed by atoms with E-state index in [4.69, 9.17) is 5.73 Å². The fraction of sp³-hybridized carbons (Fsp3) is 0.500. The van der Waals surface area contributed by atoms with Crippen LogP contribution in [0.4, 0.5) is 0 Å². The zero-order valence-electron chi connectivity index (χ0n) is 9.59. The summed E-state index contributed by atoms with van der Waals surface area (Å²) in [7, 11) is 0. The molecule has 0 bridgehead atoms. The van der Waals surface area contributed by atoms with Gasteiger partial charge in [-0.1, -0.05) is 57.5 Å². The minimum Gasteiger partial charge on any atom is -0.326 e. The van der Waals surface area contributed by atoms with Gasteiger partial charge in [-0.05, 0) is 12.5 Å². The highest BCUT2D eigenvalue weighted by atomic mass is 14.5. The van der Waals surface area contributed by atoms with Gasteiger partial charge in [0.05, 0.1) is 0 Å². The minimum absolute atomic E-state index is 0.641. The SMILES string of the molecule is CC.CC.Cc1cccc(CN)c1. The van der Waals surface area contributed by atoms with Crippen molar-refractivity contribution in [2.45, 2.75) is 41.2 Å². The molecule has 76 valence electrons. The smallest absolute Gasteiger partial charge is 0.0178 e. The predicted molar refractivity (Wildman–Crippen MR) is 61.8 cm³/mol. The van der Waals surface area contributed by atoms with Crippen molar-refractivity contribution >= 4 is 0 Å². The predicted octanol–water partition coefficient (Wildman–Crippen LogP) is 3.51. The first kappa shape index (κ1) is 14.7. The molecule has 2 N–H and O–H groups in total. The Hall–Kier alpha value is -0.820. The van der Waals surface area contributed by atoms with Crippen LogP contribution >= 0.6 is 0 Å². The van der Waals surface area contributed by atoms with E-state index in [9.17, 15) is 0 Å². The third-order valence-corrected chi connectivity index (χ3v) is 1.32. The Morgan fingerprint density at radius 3 is 1.92 bits per heavy atom. The summed E-state index contributed by atoms with van der Waals surface area (Å²) < 4.78 is 0. The van der Waals surface area contributed by atoms with E-state index in [2.05, 4.69) is 19.1 Å². The first-order valence-corrected chi connectivity index (χ1v) is 5.08. The molecule has 1 nitrogen and oxygen atoms in total. The monoisotopic (exact) mass is 181 g/mol. The average molecular weight is 181 g/mol. The number of benzene rings is 1. The van der Waals surface area contributed by atoms with E-state index in [0.29, 0.717) is 6.54 Å². The summed E-state index contributed by atoms with van der Waals surface area (Å²) in [5, 5.41) is 0. The van der Waals surface area contributed by atoms with Gasteiger partial charge >= 0.3 is 0 Å². The highest BCUT2D eigenvalue weighted by Gasteiger charge is 1.85. The van der Waals surface area contributed by atoms with Crippen LogP contribution in [0.1, 0.15) is 38.8 Å². The lowest BCUT2D eigenvalue weighted by atomic mass is 10.1. The van der Waals surface area contributed by atoms with Gasteiger partial charge in [-0.25, -0.2) is 0 Å². The summed E-state index contributed by atoms with van der Waals surface area (Å²) in [5.41, 5.74) is 7.90. The maximum Gasteiger partial charge on any atom is 0.0178 e. The van der Waals surface area contributed by atoms with E-state index in [0.717, 1.165) is 0 Å². The van der Waals surface area contributed by atoms with Gasteiger partial charge in [-0.15, -0.1) is 0 Å². The number of aryl methyl sites for hydroxylation is 1. The molecule has 0 spiro atoms. The van der Waals surface area contributed by atoms with Crippen molar-refractivity contribution in [3.8, 4) is 0 Å². The van der Waals surface area contributed by atoms with Crippen molar-refractivity contribution in [3.05, 3.63) is 35.4 Å². The van der Waals surface area contributed by atoms with Crippen LogP contribution in [0.5, 0.6) is 0 Å². The van der Waals surface area contributed by atoms with Crippen LogP contribution in [0, 0.1) is 6.92 Å². The molecule has 0 aliphatic rings. The van der Waals surface area contributed by atoms with Gasteiger partial charge in [0.2, 0.25) is 0 Å². The molecule has 0 unspecified atom stereocenters. The second-order valence-corrected chi connectivity index (χ2v) is 2.19. The molecule has 0 aromatic heterocycles. The average Bonchev–Trinajstić information content (AvgIpc) is 2.24. The van der Waals surface area contributed by atoms with Gasteiger partial charge in [-0.2, -0.15) is 0 Å². The summed E-state index contributed by atoms with van der Waals surface area (Å²) in [6.45, 7) is 10.7. The van der Waals surface area contributed by atoms with Crippen molar-refractivity contribution in [2.75, 3.05) is 0 Å². The van der Waals surface area contributed by atoms with Gasteiger partial charge in [0.1, 0.15) is 0 Å². The second kappa shape index (κ2) is 11.2. The Bertz CT molecular complexity index is 194. The van der Waals surface area contributed by atoms with E-state index in [1.807, 2.05) is 39.8 Å². The van der Waals surface area contributed by atoms with Crippen LogP contribution in [-0.4, -0.2) is 0 Å². The molecule has 0 aliphatic carbocycles. The fourth-order valence-corrected chi connectivity index (χ4v) is 0.839.